The van der Waals surface area contributed by atoms with E-state index in [1.165, 1.54) is 7.11 Å². The van der Waals surface area contributed by atoms with Crippen LogP contribution in [-0.4, -0.2) is 32.6 Å². The van der Waals surface area contributed by atoms with E-state index in [4.69, 9.17) is 14.2 Å². The quantitative estimate of drug-likeness (QED) is 0.607. The summed E-state index contributed by atoms with van der Waals surface area (Å²) in [6.07, 6.45) is 1.68. The van der Waals surface area contributed by atoms with Crippen molar-refractivity contribution in [3.05, 3.63) is 58.8 Å². The molecule has 3 rings (SSSR count). The van der Waals surface area contributed by atoms with Gasteiger partial charge in [0.15, 0.2) is 12.4 Å². The van der Waals surface area contributed by atoms with Crippen LogP contribution in [0.15, 0.2) is 42.2 Å². The van der Waals surface area contributed by atoms with Crippen molar-refractivity contribution in [1.82, 2.24) is 0 Å². The normalized spacial score (nSPS) is 14.0. The second kappa shape index (κ2) is 7.31. The molecule has 0 aromatic heterocycles. The zero-order chi connectivity index (χ0) is 18.7. The van der Waals surface area contributed by atoms with Gasteiger partial charge in [0.05, 0.1) is 19.8 Å². The van der Waals surface area contributed by atoms with E-state index in [9.17, 15) is 9.59 Å². The average molecular weight is 354 g/mol. The third kappa shape index (κ3) is 3.39. The van der Waals surface area contributed by atoms with Crippen molar-refractivity contribution in [2.45, 2.75) is 6.92 Å². The highest BCUT2D eigenvalue weighted by Crippen LogP contribution is 2.39. The summed E-state index contributed by atoms with van der Waals surface area (Å²) in [6, 6.07) is 10.6. The van der Waals surface area contributed by atoms with Crippen LogP contribution >= 0.6 is 0 Å². The summed E-state index contributed by atoms with van der Waals surface area (Å²) in [4.78, 5) is 23.8. The van der Waals surface area contributed by atoms with Gasteiger partial charge in [-0.2, -0.15) is 0 Å². The monoisotopic (exact) mass is 354 g/mol. The summed E-state index contributed by atoms with van der Waals surface area (Å²) in [5, 5.41) is 0. The predicted molar refractivity (Wildman–Crippen MR) is 94.6 cm³/mol. The summed E-state index contributed by atoms with van der Waals surface area (Å²) in [5.41, 5.74) is 1.94. The van der Waals surface area contributed by atoms with Gasteiger partial charge in [-0.3, -0.25) is 4.79 Å². The van der Waals surface area contributed by atoms with Crippen LogP contribution < -0.4 is 14.2 Å². The number of carbonyl (C=O) groups is 2. The van der Waals surface area contributed by atoms with Gasteiger partial charge >= 0.3 is 5.97 Å². The highest BCUT2D eigenvalue weighted by atomic mass is 16.6. The maximum atomic E-state index is 12.6. The molecule has 0 saturated carbocycles. The smallest absolute Gasteiger partial charge is 0.343 e. The lowest BCUT2D eigenvalue weighted by atomic mass is 10.1. The van der Waals surface area contributed by atoms with Crippen molar-refractivity contribution < 1.29 is 28.5 Å². The Bertz CT molecular complexity index is 880. The third-order valence-electron chi connectivity index (χ3n) is 4.02. The first-order valence-electron chi connectivity index (χ1n) is 7.95. The summed E-state index contributed by atoms with van der Waals surface area (Å²) in [5.74, 6) is 1.20. The van der Waals surface area contributed by atoms with Gasteiger partial charge in [-0.25, -0.2) is 4.79 Å². The Hall–Kier alpha value is -3.28. The first-order chi connectivity index (χ1) is 12.5. The van der Waals surface area contributed by atoms with Crippen LogP contribution in [0.25, 0.3) is 6.08 Å². The maximum Gasteiger partial charge on any atom is 0.343 e. The molecule has 0 bridgehead atoms. The Morgan fingerprint density at radius 1 is 1.12 bits per heavy atom. The fraction of sp³-hybridized carbons (Fsp3) is 0.200. The number of allylic oxidation sites excluding steroid dienone is 1. The van der Waals surface area contributed by atoms with Crippen LogP contribution in [0.2, 0.25) is 0 Å². The van der Waals surface area contributed by atoms with Crippen molar-refractivity contribution in [3.8, 4) is 17.2 Å². The molecule has 6 heteroatoms. The minimum absolute atomic E-state index is 0.196. The molecule has 0 atom stereocenters. The van der Waals surface area contributed by atoms with Gasteiger partial charge in [0.2, 0.25) is 5.78 Å². The fourth-order valence-electron chi connectivity index (χ4n) is 2.57. The molecule has 2 aromatic rings. The van der Waals surface area contributed by atoms with E-state index in [0.29, 0.717) is 22.6 Å². The van der Waals surface area contributed by atoms with Gasteiger partial charge < -0.3 is 18.9 Å². The van der Waals surface area contributed by atoms with Crippen LogP contribution in [0, 0.1) is 6.92 Å². The fourth-order valence-corrected chi connectivity index (χ4v) is 2.57. The number of Topliss-reactive ketones (excluding diaryl/α,β-unsaturated/α-hetero) is 1. The zero-order valence-electron chi connectivity index (χ0n) is 14.7. The highest BCUT2D eigenvalue weighted by Gasteiger charge is 2.30. The largest absolute Gasteiger partial charge is 0.497 e. The first-order valence-corrected chi connectivity index (χ1v) is 7.95. The molecular formula is C20H18O6. The Labute approximate surface area is 150 Å². The van der Waals surface area contributed by atoms with E-state index in [-0.39, 0.29) is 18.1 Å². The molecule has 0 spiro atoms. The second-order valence-electron chi connectivity index (χ2n) is 5.64. The second-order valence-corrected chi connectivity index (χ2v) is 5.64. The first kappa shape index (κ1) is 17.5. The molecular weight excluding hydrogens is 336 g/mol. The average Bonchev–Trinajstić information content (AvgIpc) is 2.98. The van der Waals surface area contributed by atoms with Crippen molar-refractivity contribution in [3.63, 3.8) is 0 Å². The van der Waals surface area contributed by atoms with E-state index in [2.05, 4.69) is 4.74 Å². The van der Waals surface area contributed by atoms with E-state index >= 15 is 0 Å². The topological polar surface area (TPSA) is 71.1 Å². The Balaban J connectivity index is 1.84. The van der Waals surface area contributed by atoms with E-state index in [1.807, 2.05) is 24.3 Å². The third-order valence-corrected chi connectivity index (χ3v) is 4.02. The number of esters is 1. The molecule has 1 aliphatic rings. The molecule has 0 radical (unpaired) electrons. The maximum absolute atomic E-state index is 12.6. The molecule has 1 aliphatic heterocycles. The van der Waals surface area contributed by atoms with Gasteiger partial charge in [0.1, 0.15) is 17.2 Å². The van der Waals surface area contributed by atoms with E-state index < -0.39 is 5.97 Å². The van der Waals surface area contributed by atoms with Crippen molar-refractivity contribution in [1.29, 1.82) is 0 Å². The van der Waals surface area contributed by atoms with Crippen molar-refractivity contribution in [2.75, 3.05) is 20.8 Å². The number of ether oxygens (including phenoxy) is 4. The number of hydrogen-bond donors (Lipinski definition) is 0. The molecule has 2 aromatic carbocycles. The Kier molecular flexibility index (Phi) is 4.93. The minimum atomic E-state index is -0.484. The molecule has 0 fully saturated rings. The molecule has 6 nitrogen and oxygen atoms in total. The number of fused-ring (bicyclic) bond motifs is 1. The van der Waals surface area contributed by atoms with Crippen LogP contribution in [0.4, 0.5) is 0 Å². The predicted octanol–water partition coefficient (Wildman–Crippen LogP) is 3.17. The number of carbonyl (C=O) groups excluding carboxylic acids is 2. The number of ketones is 1. The van der Waals surface area contributed by atoms with Gasteiger partial charge in [-0.15, -0.1) is 0 Å². The number of hydrogen-bond acceptors (Lipinski definition) is 6. The number of rotatable bonds is 5. The lowest BCUT2D eigenvalue weighted by Gasteiger charge is -2.10. The summed E-state index contributed by atoms with van der Waals surface area (Å²) in [6.45, 7) is 1.56. The summed E-state index contributed by atoms with van der Waals surface area (Å²) < 4.78 is 20.9. The molecule has 134 valence electrons. The molecule has 0 aliphatic carbocycles. The van der Waals surface area contributed by atoms with E-state index in [1.54, 1.807) is 32.2 Å². The molecule has 0 saturated heterocycles. The van der Waals surface area contributed by atoms with Crippen LogP contribution in [0.5, 0.6) is 17.2 Å². The standard InChI is InChI=1S/C20H18O6/c1-12-16(25-11-18(21)24-3)9-8-15-19(22)17(26-20(12)15)10-13-4-6-14(23-2)7-5-13/h4-10H,11H2,1-3H3/b17-10-. The number of methoxy groups -OCH3 is 2. The number of benzene rings is 2. The lowest BCUT2D eigenvalue weighted by Crippen LogP contribution is -2.13. The van der Waals surface area contributed by atoms with Crippen molar-refractivity contribution >= 4 is 17.8 Å². The highest BCUT2D eigenvalue weighted by molar-refractivity contribution is 6.15. The lowest BCUT2D eigenvalue weighted by molar-refractivity contribution is -0.142. The zero-order valence-corrected chi connectivity index (χ0v) is 14.7. The SMILES string of the molecule is COC(=O)COc1ccc2c(c1C)O/C(=C\c1ccc(OC)cc1)C2=O. The molecule has 1 heterocycles. The van der Waals surface area contributed by atoms with Gasteiger partial charge in [0.25, 0.3) is 0 Å². The molecule has 0 N–H and O–H groups in total. The molecule has 0 amide bonds. The van der Waals surface area contributed by atoms with E-state index in [0.717, 1.165) is 11.3 Å². The minimum Gasteiger partial charge on any atom is -0.497 e. The summed E-state index contributed by atoms with van der Waals surface area (Å²) in [7, 11) is 2.88. The van der Waals surface area contributed by atoms with Crippen molar-refractivity contribution in [2.24, 2.45) is 0 Å². The van der Waals surface area contributed by atoms with Crippen LogP contribution in [0.3, 0.4) is 0 Å². The van der Waals surface area contributed by atoms with Gasteiger partial charge in [-0.05, 0) is 42.8 Å². The molecule has 0 unspecified atom stereocenters. The van der Waals surface area contributed by atoms with Crippen LogP contribution in [-0.2, 0) is 9.53 Å². The Morgan fingerprint density at radius 2 is 1.85 bits per heavy atom. The molecule has 26 heavy (non-hydrogen) atoms. The summed E-state index contributed by atoms with van der Waals surface area (Å²) >= 11 is 0. The van der Waals surface area contributed by atoms with Gasteiger partial charge in [0, 0.05) is 5.56 Å². The van der Waals surface area contributed by atoms with Crippen LogP contribution in [0.1, 0.15) is 21.5 Å². The van der Waals surface area contributed by atoms with Gasteiger partial charge in [-0.1, -0.05) is 12.1 Å². The Morgan fingerprint density at radius 3 is 2.50 bits per heavy atom.